The molecule has 25 heavy (non-hydrogen) atoms. The molecule has 0 radical (unpaired) electrons. The maximum absolute atomic E-state index is 5.37. The Morgan fingerprint density at radius 2 is 1.84 bits per heavy atom. The fourth-order valence-electron chi connectivity index (χ4n) is 2.36. The van der Waals surface area contributed by atoms with E-state index in [0.717, 1.165) is 57.3 Å². The fraction of sp³-hybridized carbons (Fsp3) is 0.611. The number of aliphatic imine (C=N–C) groups is 1. The molecule has 0 spiro atoms. The molecule has 0 saturated heterocycles. The Kier molecular flexibility index (Phi) is 14.6. The van der Waals surface area contributed by atoms with Crippen molar-refractivity contribution in [2.45, 2.75) is 12.8 Å². The largest absolute Gasteiger partial charge is 0.496 e. The maximum atomic E-state index is 5.37. The summed E-state index contributed by atoms with van der Waals surface area (Å²) in [5.41, 5.74) is 1.20. The van der Waals surface area contributed by atoms with Gasteiger partial charge in [-0.05, 0) is 38.1 Å². The minimum atomic E-state index is 0. The van der Waals surface area contributed by atoms with Crippen molar-refractivity contribution >= 4 is 29.9 Å². The smallest absolute Gasteiger partial charge is 0.190 e. The van der Waals surface area contributed by atoms with Crippen LogP contribution in [-0.4, -0.2) is 72.0 Å². The van der Waals surface area contributed by atoms with Crippen molar-refractivity contribution in [2.75, 3.05) is 61.1 Å². The predicted octanol–water partition coefficient (Wildman–Crippen LogP) is 1.99. The van der Waals surface area contributed by atoms with Gasteiger partial charge in [-0.3, -0.25) is 4.99 Å². The van der Waals surface area contributed by atoms with Crippen LogP contribution < -0.4 is 15.4 Å². The number of hydrogen-bond acceptors (Lipinski definition) is 4. The first-order valence-corrected chi connectivity index (χ1v) is 8.45. The molecule has 0 bridgehead atoms. The van der Waals surface area contributed by atoms with E-state index in [9.17, 15) is 0 Å². The normalized spacial score (nSPS) is 11.2. The van der Waals surface area contributed by atoms with E-state index in [0.29, 0.717) is 0 Å². The zero-order chi connectivity index (χ0) is 17.6. The number of halogens is 1. The number of guanidine groups is 1. The van der Waals surface area contributed by atoms with Gasteiger partial charge in [0.05, 0.1) is 13.7 Å². The average Bonchev–Trinajstić information content (AvgIpc) is 2.62. The summed E-state index contributed by atoms with van der Waals surface area (Å²) in [6.07, 6.45) is 1.96. The van der Waals surface area contributed by atoms with E-state index in [1.807, 2.05) is 18.2 Å². The summed E-state index contributed by atoms with van der Waals surface area (Å²) in [6, 6.07) is 8.10. The Hall–Kier alpha value is -1.06. The second-order valence-electron chi connectivity index (χ2n) is 5.64. The Morgan fingerprint density at radius 3 is 2.52 bits per heavy atom. The first kappa shape index (κ1) is 23.9. The first-order chi connectivity index (χ1) is 11.7. The molecule has 1 aromatic carbocycles. The van der Waals surface area contributed by atoms with E-state index in [4.69, 9.17) is 9.47 Å². The monoisotopic (exact) mass is 464 g/mol. The third-order valence-electron chi connectivity index (χ3n) is 3.79. The molecule has 0 aliphatic carbocycles. The van der Waals surface area contributed by atoms with Crippen molar-refractivity contribution in [3.05, 3.63) is 29.8 Å². The Bertz CT molecular complexity index is 486. The van der Waals surface area contributed by atoms with Crippen molar-refractivity contribution in [3.8, 4) is 5.75 Å². The summed E-state index contributed by atoms with van der Waals surface area (Å²) in [5, 5.41) is 6.69. The summed E-state index contributed by atoms with van der Waals surface area (Å²) < 4.78 is 10.4. The van der Waals surface area contributed by atoms with Crippen LogP contribution in [0.15, 0.2) is 29.3 Å². The van der Waals surface area contributed by atoms with Gasteiger partial charge in [0.25, 0.3) is 0 Å². The van der Waals surface area contributed by atoms with E-state index in [1.165, 1.54) is 5.56 Å². The van der Waals surface area contributed by atoms with Crippen LogP contribution in [0.1, 0.15) is 12.0 Å². The second-order valence-corrected chi connectivity index (χ2v) is 5.64. The number of hydrogen-bond donors (Lipinski definition) is 2. The number of nitrogens with one attached hydrogen (secondary N) is 2. The molecule has 2 N–H and O–H groups in total. The molecule has 0 aliphatic heterocycles. The fourth-order valence-corrected chi connectivity index (χ4v) is 2.36. The molecule has 0 heterocycles. The van der Waals surface area contributed by atoms with Crippen LogP contribution in [0.2, 0.25) is 0 Å². The molecule has 0 unspecified atom stereocenters. The average molecular weight is 464 g/mol. The zero-order valence-corrected chi connectivity index (χ0v) is 18.2. The highest BCUT2D eigenvalue weighted by Crippen LogP contribution is 2.17. The topological polar surface area (TPSA) is 58.1 Å². The number of nitrogens with zero attached hydrogens (tertiary/aromatic N) is 2. The van der Waals surface area contributed by atoms with Gasteiger partial charge in [0.1, 0.15) is 5.75 Å². The molecule has 7 heteroatoms. The molecule has 0 saturated carbocycles. The molecular formula is C18H33IN4O2. The molecule has 0 fully saturated rings. The van der Waals surface area contributed by atoms with Gasteiger partial charge in [-0.2, -0.15) is 0 Å². The van der Waals surface area contributed by atoms with Crippen LogP contribution in [0.4, 0.5) is 0 Å². The van der Waals surface area contributed by atoms with Crippen molar-refractivity contribution in [1.82, 2.24) is 15.5 Å². The summed E-state index contributed by atoms with van der Waals surface area (Å²) >= 11 is 0. The molecule has 1 rings (SSSR count). The lowest BCUT2D eigenvalue weighted by Gasteiger charge is -2.17. The summed E-state index contributed by atoms with van der Waals surface area (Å²) in [6.45, 7) is 4.48. The minimum absolute atomic E-state index is 0. The number of methoxy groups -OCH3 is 2. The van der Waals surface area contributed by atoms with Crippen LogP contribution in [0, 0.1) is 0 Å². The Morgan fingerprint density at radius 1 is 1.12 bits per heavy atom. The van der Waals surface area contributed by atoms with Gasteiger partial charge in [-0.1, -0.05) is 18.2 Å². The van der Waals surface area contributed by atoms with E-state index in [-0.39, 0.29) is 24.0 Å². The zero-order valence-electron chi connectivity index (χ0n) is 15.9. The van der Waals surface area contributed by atoms with Crippen molar-refractivity contribution in [3.63, 3.8) is 0 Å². The summed E-state index contributed by atoms with van der Waals surface area (Å²) in [7, 11) is 7.34. The SMILES string of the molecule is CN=C(NCCCN(C)CCOC)NCCc1ccccc1OC.I. The third kappa shape index (κ3) is 10.5. The van der Waals surface area contributed by atoms with Gasteiger partial charge in [0, 0.05) is 33.8 Å². The second kappa shape index (κ2) is 15.2. The van der Waals surface area contributed by atoms with Crippen LogP contribution in [-0.2, 0) is 11.2 Å². The van der Waals surface area contributed by atoms with E-state index in [2.05, 4.69) is 33.6 Å². The quantitative estimate of drug-likeness (QED) is 0.227. The number of benzene rings is 1. The lowest BCUT2D eigenvalue weighted by atomic mass is 10.1. The van der Waals surface area contributed by atoms with Crippen LogP contribution in [0.3, 0.4) is 0 Å². The van der Waals surface area contributed by atoms with Crippen molar-refractivity contribution in [2.24, 2.45) is 4.99 Å². The van der Waals surface area contributed by atoms with E-state index in [1.54, 1.807) is 21.3 Å². The lowest BCUT2D eigenvalue weighted by molar-refractivity contribution is 0.161. The molecule has 0 aromatic heterocycles. The summed E-state index contributed by atoms with van der Waals surface area (Å²) in [5.74, 6) is 1.77. The molecule has 0 aliphatic rings. The lowest BCUT2D eigenvalue weighted by Crippen LogP contribution is -2.39. The van der Waals surface area contributed by atoms with Gasteiger partial charge >= 0.3 is 0 Å². The van der Waals surface area contributed by atoms with Crippen LogP contribution >= 0.6 is 24.0 Å². The molecule has 1 aromatic rings. The number of rotatable bonds is 11. The minimum Gasteiger partial charge on any atom is -0.496 e. The van der Waals surface area contributed by atoms with Gasteiger partial charge in [-0.25, -0.2) is 0 Å². The van der Waals surface area contributed by atoms with Crippen LogP contribution in [0.25, 0.3) is 0 Å². The molecule has 0 amide bonds. The van der Waals surface area contributed by atoms with Crippen molar-refractivity contribution in [1.29, 1.82) is 0 Å². The van der Waals surface area contributed by atoms with E-state index >= 15 is 0 Å². The molecule has 144 valence electrons. The highest BCUT2D eigenvalue weighted by Gasteiger charge is 2.03. The van der Waals surface area contributed by atoms with Gasteiger partial charge < -0.3 is 25.0 Å². The number of likely N-dealkylation sites (N-methyl/N-ethyl adjacent to an activating group) is 1. The third-order valence-corrected chi connectivity index (χ3v) is 3.79. The van der Waals surface area contributed by atoms with Gasteiger partial charge in [-0.15, -0.1) is 24.0 Å². The molecular weight excluding hydrogens is 431 g/mol. The summed E-state index contributed by atoms with van der Waals surface area (Å²) in [4.78, 5) is 6.52. The molecule has 0 atom stereocenters. The highest BCUT2D eigenvalue weighted by atomic mass is 127. The number of para-hydroxylation sites is 1. The van der Waals surface area contributed by atoms with Gasteiger partial charge in [0.2, 0.25) is 0 Å². The molecule has 6 nitrogen and oxygen atoms in total. The number of ether oxygens (including phenoxy) is 2. The predicted molar refractivity (Wildman–Crippen MR) is 115 cm³/mol. The standard InChI is InChI=1S/C18H32N4O2.HI/c1-19-18(20-11-7-13-22(2)14-15-23-3)21-12-10-16-8-5-6-9-17(16)24-4;/h5-6,8-9H,7,10-15H2,1-4H3,(H2,19,20,21);1H. The van der Waals surface area contributed by atoms with E-state index < -0.39 is 0 Å². The van der Waals surface area contributed by atoms with Crippen molar-refractivity contribution < 1.29 is 9.47 Å². The maximum Gasteiger partial charge on any atom is 0.190 e. The highest BCUT2D eigenvalue weighted by molar-refractivity contribution is 14.0. The van der Waals surface area contributed by atoms with Crippen LogP contribution in [0.5, 0.6) is 5.75 Å². The Labute approximate surface area is 169 Å². The Balaban J connectivity index is 0.00000576. The first-order valence-electron chi connectivity index (χ1n) is 8.45. The van der Waals surface area contributed by atoms with Gasteiger partial charge in [0.15, 0.2) is 5.96 Å².